The average molecular weight is 367 g/mol. The summed E-state index contributed by atoms with van der Waals surface area (Å²) in [4.78, 5) is 26.7. The van der Waals surface area contributed by atoms with E-state index in [1.165, 1.54) is 0 Å². The number of hydrogen-bond donors (Lipinski definition) is 2. The van der Waals surface area contributed by atoms with Gasteiger partial charge in [-0.15, -0.1) is 0 Å². The lowest BCUT2D eigenvalue weighted by atomic mass is 10.1. The molecule has 2 N–H and O–H groups in total. The van der Waals surface area contributed by atoms with Crippen LogP contribution in [-0.4, -0.2) is 28.3 Å². The molecule has 1 heterocycles. The number of amides is 1. The molecule has 0 spiro atoms. The lowest BCUT2D eigenvalue weighted by Gasteiger charge is -2.14. The Morgan fingerprint density at radius 3 is 2.73 bits per heavy atom. The third-order valence-electron chi connectivity index (χ3n) is 3.25. The number of halogens is 1. The number of ether oxygens (including phenoxy) is 1. The molecule has 1 amide bonds. The number of anilines is 1. The molecule has 118 valence electrons. The number of carbonyl (C=O) groups is 2. The van der Waals surface area contributed by atoms with Crippen LogP contribution in [0.3, 0.4) is 0 Å². The summed E-state index contributed by atoms with van der Waals surface area (Å²) >= 11 is 3.38. The Labute approximate surface area is 137 Å². The summed E-state index contributed by atoms with van der Waals surface area (Å²) in [7, 11) is 0. The lowest BCUT2D eigenvalue weighted by Crippen LogP contribution is -2.27. The molecular formula is C16H19BrN2O3. The SMILES string of the molecule is CCOC(=O)c1cc2cccc(NC(=O)C(Br)C(C)C)c2[nH]1. The number of rotatable bonds is 5. The van der Waals surface area contributed by atoms with Crippen LogP contribution in [0, 0.1) is 5.92 Å². The topological polar surface area (TPSA) is 71.2 Å². The van der Waals surface area contributed by atoms with Crippen molar-refractivity contribution in [2.24, 2.45) is 5.92 Å². The molecule has 0 bridgehead atoms. The van der Waals surface area contributed by atoms with E-state index in [1.807, 2.05) is 26.0 Å². The summed E-state index contributed by atoms with van der Waals surface area (Å²) < 4.78 is 4.98. The van der Waals surface area contributed by atoms with Crippen LogP contribution in [0.2, 0.25) is 0 Å². The van der Waals surface area contributed by atoms with E-state index in [4.69, 9.17) is 4.74 Å². The number of esters is 1. The van der Waals surface area contributed by atoms with Gasteiger partial charge in [-0.1, -0.05) is 41.9 Å². The number of carbonyl (C=O) groups excluding carboxylic acids is 2. The van der Waals surface area contributed by atoms with E-state index < -0.39 is 5.97 Å². The fourth-order valence-electron chi connectivity index (χ4n) is 2.08. The van der Waals surface area contributed by atoms with Gasteiger partial charge in [0, 0.05) is 5.39 Å². The predicted molar refractivity (Wildman–Crippen MR) is 90.4 cm³/mol. The van der Waals surface area contributed by atoms with Gasteiger partial charge in [0.05, 0.1) is 22.6 Å². The predicted octanol–water partition coefficient (Wildman–Crippen LogP) is 3.70. The third kappa shape index (κ3) is 3.50. The molecule has 2 rings (SSSR count). The van der Waals surface area contributed by atoms with Gasteiger partial charge in [-0.3, -0.25) is 4.79 Å². The Balaban J connectivity index is 2.31. The van der Waals surface area contributed by atoms with E-state index >= 15 is 0 Å². The molecule has 0 saturated heterocycles. The van der Waals surface area contributed by atoms with Crippen LogP contribution in [0.25, 0.3) is 10.9 Å². The first kappa shape index (κ1) is 16.5. The van der Waals surface area contributed by atoms with Crippen molar-refractivity contribution in [3.8, 4) is 0 Å². The zero-order valence-electron chi connectivity index (χ0n) is 12.8. The highest BCUT2D eigenvalue weighted by atomic mass is 79.9. The summed E-state index contributed by atoms with van der Waals surface area (Å²) in [5, 5.41) is 3.73. The highest BCUT2D eigenvalue weighted by Gasteiger charge is 2.20. The average Bonchev–Trinajstić information content (AvgIpc) is 2.91. The van der Waals surface area contributed by atoms with Crippen molar-refractivity contribution in [1.29, 1.82) is 0 Å². The number of aromatic amines is 1. The lowest BCUT2D eigenvalue weighted by molar-refractivity contribution is -0.116. The standard InChI is InChI=1S/C16H19BrN2O3/c1-4-22-16(21)12-8-10-6-5-7-11(14(10)18-12)19-15(20)13(17)9(2)3/h5-9,13,18H,4H2,1-3H3,(H,19,20). The van der Waals surface area contributed by atoms with Gasteiger partial charge >= 0.3 is 5.97 Å². The molecule has 0 aliphatic heterocycles. The second-order valence-corrected chi connectivity index (χ2v) is 6.29. The number of aromatic nitrogens is 1. The molecule has 5 nitrogen and oxygen atoms in total. The molecule has 0 fully saturated rings. The monoisotopic (exact) mass is 366 g/mol. The number of fused-ring (bicyclic) bond motifs is 1. The van der Waals surface area contributed by atoms with Gasteiger partial charge in [0.2, 0.25) is 5.91 Å². The quantitative estimate of drug-likeness (QED) is 0.625. The van der Waals surface area contributed by atoms with Crippen LogP contribution in [0.15, 0.2) is 24.3 Å². The number of nitrogens with one attached hydrogen (secondary N) is 2. The van der Waals surface area contributed by atoms with Gasteiger partial charge in [-0.25, -0.2) is 4.79 Å². The van der Waals surface area contributed by atoms with E-state index in [0.717, 1.165) is 5.39 Å². The van der Waals surface area contributed by atoms with Crippen molar-refractivity contribution in [2.45, 2.75) is 25.6 Å². The van der Waals surface area contributed by atoms with E-state index in [9.17, 15) is 9.59 Å². The van der Waals surface area contributed by atoms with Gasteiger partial charge in [0.15, 0.2) is 0 Å². The molecule has 1 aromatic carbocycles. The maximum Gasteiger partial charge on any atom is 0.354 e. The van der Waals surface area contributed by atoms with Crippen molar-refractivity contribution >= 4 is 44.4 Å². The zero-order valence-corrected chi connectivity index (χ0v) is 14.4. The molecule has 1 aromatic heterocycles. The van der Waals surface area contributed by atoms with Crippen LogP contribution >= 0.6 is 15.9 Å². The van der Waals surface area contributed by atoms with Crippen LogP contribution in [-0.2, 0) is 9.53 Å². The number of benzene rings is 1. The van der Waals surface area contributed by atoms with Crippen LogP contribution < -0.4 is 5.32 Å². The smallest absolute Gasteiger partial charge is 0.354 e. The summed E-state index contributed by atoms with van der Waals surface area (Å²) in [5.74, 6) is -0.343. The van der Waals surface area contributed by atoms with Crippen LogP contribution in [0.4, 0.5) is 5.69 Å². The molecule has 0 aliphatic carbocycles. The van der Waals surface area contributed by atoms with Crippen molar-refractivity contribution in [3.63, 3.8) is 0 Å². The fraction of sp³-hybridized carbons (Fsp3) is 0.375. The van der Waals surface area contributed by atoms with Gasteiger partial charge in [-0.2, -0.15) is 0 Å². The Bertz CT molecular complexity index is 694. The Kier molecular flexibility index (Phi) is 5.24. The maximum atomic E-state index is 12.2. The molecule has 1 unspecified atom stereocenters. The minimum Gasteiger partial charge on any atom is -0.461 e. The maximum absolute atomic E-state index is 12.2. The molecule has 2 aromatic rings. The van der Waals surface area contributed by atoms with Crippen LogP contribution in [0.5, 0.6) is 0 Å². The normalized spacial score (nSPS) is 12.4. The minimum atomic E-state index is -0.406. The molecular weight excluding hydrogens is 348 g/mol. The minimum absolute atomic E-state index is 0.116. The largest absolute Gasteiger partial charge is 0.461 e. The second kappa shape index (κ2) is 6.96. The number of alkyl halides is 1. The highest BCUT2D eigenvalue weighted by molar-refractivity contribution is 9.10. The van der Waals surface area contributed by atoms with E-state index in [1.54, 1.807) is 19.1 Å². The molecule has 6 heteroatoms. The second-order valence-electron chi connectivity index (χ2n) is 5.31. The van der Waals surface area contributed by atoms with E-state index in [-0.39, 0.29) is 16.7 Å². The van der Waals surface area contributed by atoms with Crippen molar-refractivity contribution in [3.05, 3.63) is 30.0 Å². The van der Waals surface area contributed by atoms with Gasteiger partial charge < -0.3 is 15.0 Å². The number of para-hydroxylation sites is 1. The third-order valence-corrected chi connectivity index (χ3v) is 4.72. The zero-order chi connectivity index (χ0) is 16.3. The summed E-state index contributed by atoms with van der Waals surface area (Å²) in [6.45, 7) is 6.01. The van der Waals surface area contributed by atoms with E-state index in [2.05, 4.69) is 26.2 Å². The number of hydrogen-bond acceptors (Lipinski definition) is 3. The van der Waals surface area contributed by atoms with Gasteiger partial charge in [0.25, 0.3) is 0 Å². The molecule has 0 aliphatic rings. The van der Waals surface area contributed by atoms with E-state index in [0.29, 0.717) is 23.5 Å². The first-order valence-electron chi connectivity index (χ1n) is 7.17. The van der Waals surface area contributed by atoms with Crippen molar-refractivity contribution in [2.75, 3.05) is 11.9 Å². The fourth-order valence-corrected chi connectivity index (χ4v) is 2.20. The summed E-state index contributed by atoms with van der Waals surface area (Å²) in [6.07, 6.45) is 0. The van der Waals surface area contributed by atoms with Crippen molar-refractivity contribution < 1.29 is 14.3 Å². The molecule has 0 radical (unpaired) electrons. The first-order valence-corrected chi connectivity index (χ1v) is 8.09. The number of H-pyrrole nitrogens is 1. The first-order chi connectivity index (χ1) is 10.4. The summed E-state index contributed by atoms with van der Waals surface area (Å²) in [5.41, 5.74) is 1.73. The van der Waals surface area contributed by atoms with Crippen molar-refractivity contribution in [1.82, 2.24) is 4.98 Å². The Morgan fingerprint density at radius 1 is 1.36 bits per heavy atom. The Morgan fingerprint density at radius 2 is 2.09 bits per heavy atom. The molecule has 22 heavy (non-hydrogen) atoms. The van der Waals surface area contributed by atoms with Gasteiger partial charge in [0.1, 0.15) is 5.69 Å². The Hall–Kier alpha value is -1.82. The molecule has 0 saturated carbocycles. The highest BCUT2D eigenvalue weighted by Crippen LogP contribution is 2.25. The van der Waals surface area contributed by atoms with Gasteiger partial charge in [-0.05, 0) is 25.0 Å². The van der Waals surface area contributed by atoms with Crippen LogP contribution in [0.1, 0.15) is 31.3 Å². The molecule has 1 atom stereocenters. The summed E-state index contributed by atoms with van der Waals surface area (Å²) in [6, 6.07) is 7.22.